The summed E-state index contributed by atoms with van der Waals surface area (Å²) in [5.74, 6) is 0.757. The molecule has 0 aliphatic carbocycles. The molecule has 1 fully saturated rings. The third-order valence-corrected chi connectivity index (χ3v) is 8.31. The fourth-order valence-corrected chi connectivity index (χ4v) is 6.30. The van der Waals surface area contributed by atoms with E-state index in [0.717, 1.165) is 50.5 Å². The summed E-state index contributed by atoms with van der Waals surface area (Å²) in [6.07, 6.45) is 2.09. The number of anilines is 1. The summed E-state index contributed by atoms with van der Waals surface area (Å²) in [7, 11) is 1.67. The van der Waals surface area contributed by atoms with Gasteiger partial charge in [-0.1, -0.05) is 42.5 Å². The average molecular weight is 576 g/mol. The van der Waals surface area contributed by atoms with Crippen molar-refractivity contribution in [1.29, 1.82) is 0 Å². The Hall–Kier alpha value is -4.69. The van der Waals surface area contributed by atoms with Crippen LogP contribution in [0.15, 0.2) is 97.2 Å². The zero-order valence-corrected chi connectivity index (χ0v) is 24.7. The van der Waals surface area contributed by atoms with Crippen LogP contribution in [0, 0.1) is 13.8 Å². The highest BCUT2D eigenvalue weighted by molar-refractivity contribution is 7.80. The van der Waals surface area contributed by atoms with E-state index in [4.69, 9.17) is 17.0 Å². The molecule has 0 bridgehead atoms. The Bertz CT molecular complexity index is 1740. The lowest BCUT2D eigenvalue weighted by molar-refractivity contribution is -0.116. The molecule has 1 aliphatic heterocycles. The predicted octanol–water partition coefficient (Wildman–Crippen LogP) is 6.65. The molecule has 3 aromatic carbocycles. The first-order valence-electron chi connectivity index (χ1n) is 14.0. The number of thiocarbonyl (C=S) groups is 1. The molecule has 2 N–H and O–H groups in total. The molecule has 212 valence electrons. The zero-order chi connectivity index (χ0) is 29.2. The van der Waals surface area contributed by atoms with Gasteiger partial charge in [-0.2, -0.15) is 0 Å². The Kier molecular flexibility index (Phi) is 7.63. The number of carbonyl (C=O) groups is 1. The number of hydrogen-bond donors (Lipinski definition) is 2. The van der Waals surface area contributed by atoms with Crippen LogP contribution >= 0.6 is 12.2 Å². The fraction of sp³-hybridized carbons (Fsp3) is 0.206. The Balaban J connectivity index is 1.30. The molecule has 1 saturated heterocycles. The van der Waals surface area contributed by atoms with Crippen molar-refractivity contribution >= 4 is 39.7 Å². The van der Waals surface area contributed by atoms with Gasteiger partial charge in [0.05, 0.1) is 24.9 Å². The SMILES string of the molecule is COc1ccc(-n2c(C)cc([C@H]3[C@H](c4ccccn4)NC(=S)N3CCC(=O)Nc3cccc4ccccc34)c2C)cc1. The molecule has 0 spiro atoms. The van der Waals surface area contributed by atoms with E-state index in [1.165, 1.54) is 0 Å². The third-order valence-electron chi connectivity index (χ3n) is 7.96. The number of pyridine rings is 1. The van der Waals surface area contributed by atoms with Crippen LogP contribution in [0.4, 0.5) is 5.69 Å². The number of nitrogens with zero attached hydrogens (tertiary/aromatic N) is 3. The minimum absolute atomic E-state index is 0.0575. The number of aryl methyl sites for hydroxylation is 1. The lowest BCUT2D eigenvalue weighted by Crippen LogP contribution is -2.33. The summed E-state index contributed by atoms with van der Waals surface area (Å²) >= 11 is 5.88. The molecule has 0 radical (unpaired) electrons. The summed E-state index contributed by atoms with van der Waals surface area (Å²) in [6, 6.07) is 29.9. The number of nitrogens with one attached hydrogen (secondary N) is 2. The maximum absolute atomic E-state index is 13.2. The average Bonchev–Trinajstić information content (AvgIpc) is 3.50. The quantitative estimate of drug-likeness (QED) is 0.202. The number of fused-ring (bicyclic) bond motifs is 1. The van der Waals surface area contributed by atoms with Gasteiger partial charge in [0.15, 0.2) is 5.11 Å². The summed E-state index contributed by atoms with van der Waals surface area (Å²) < 4.78 is 7.61. The van der Waals surface area contributed by atoms with Gasteiger partial charge in [0, 0.05) is 47.3 Å². The van der Waals surface area contributed by atoms with Gasteiger partial charge in [-0.05, 0) is 85.5 Å². The standard InChI is InChI=1S/C34H33N5O2S/c1-22-21-28(23(2)39(22)25-14-16-26(41-3)17-15-25)33-32(30-12-6-7-19-35-30)37-34(42)38(33)20-18-31(40)36-29-13-8-10-24-9-4-5-11-27(24)29/h4-17,19,21,32-33H,18,20H2,1-3H3,(H,36,40)(H,37,42)/t32-,33-/m0/s1. The van der Waals surface area contributed by atoms with Crippen LogP contribution in [-0.2, 0) is 4.79 Å². The van der Waals surface area contributed by atoms with Gasteiger partial charge in [0.1, 0.15) is 5.75 Å². The van der Waals surface area contributed by atoms with E-state index in [2.05, 4.69) is 57.1 Å². The van der Waals surface area contributed by atoms with E-state index in [1.54, 1.807) is 13.3 Å². The van der Waals surface area contributed by atoms with E-state index in [-0.39, 0.29) is 24.4 Å². The first-order valence-corrected chi connectivity index (χ1v) is 14.4. The molecule has 3 heterocycles. The number of aromatic nitrogens is 2. The number of methoxy groups -OCH3 is 1. The summed E-state index contributed by atoms with van der Waals surface area (Å²) in [5, 5.41) is 9.36. The Morgan fingerprint density at radius 3 is 2.52 bits per heavy atom. The molecule has 6 rings (SSSR count). The first-order chi connectivity index (χ1) is 20.4. The Morgan fingerprint density at radius 1 is 1.00 bits per heavy atom. The van der Waals surface area contributed by atoms with Crippen molar-refractivity contribution < 1.29 is 9.53 Å². The van der Waals surface area contributed by atoms with Gasteiger partial charge in [0.2, 0.25) is 5.91 Å². The number of rotatable bonds is 8. The van der Waals surface area contributed by atoms with Crippen LogP contribution < -0.4 is 15.4 Å². The number of benzene rings is 3. The molecular weight excluding hydrogens is 542 g/mol. The number of hydrogen-bond acceptors (Lipinski definition) is 4. The van der Waals surface area contributed by atoms with Crippen molar-refractivity contribution in [3.8, 4) is 11.4 Å². The van der Waals surface area contributed by atoms with Crippen LogP contribution in [0.3, 0.4) is 0 Å². The highest BCUT2D eigenvalue weighted by Crippen LogP contribution is 2.41. The van der Waals surface area contributed by atoms with E-state index < -0.39 is 0 Å². The van der Waals surface area contributed by atoms with Gasteiger partial charge in [-0.25, -0.2) is 0 Å². The van der Waals surface area contributed by atoms with Gasteiger partial charge < -0.3 is 24.8 Å². The fourth-order valence-electron chi connectivity index (χ4n) is 5.97. The van der Waals surface area contributed by atoms with Crippen molar-refractivity contribution in [3.05, 3.63) is 120 Å². The second kappa shape index (κ2) is 11.7. The molecule has 0 unspecified atom stereocenters. The summed E-state index contributed by atoms with van der Waals surface area (Å²) in [4.78, 5) is 20.1. The van der Waals surface area contributed by atoms with Gasteiger partial charge >= 0.3 is 0 Å². The number of amides is 1. The van der Waals surface area contributed by atoms with Crippen LogP contribution in [0.1, 0.15) is 41.1 Å². The molecule has 2 atom stereocenters. The molecule has 1 aliphatic rings. The molecule has 7 nitrogen and oxygen atoms in total. The van der Waals surface area contributed by atoms with Crippen molar-refractivity contribution in [2.45, 2.75) is 32.4 Å². The Morgan fingerprint density at radius 2 is 1.76 bits per heavy atom. The van der Waals surface area contributed by atoms with Gasteiger partial charge in [-0.15, -0.1) is 0 Å². The highest BCUT2D eigenvalue weighted by atomic mass is 32.1. The van der Waals surface area contributed by atoms with Crippen LogP contribution in [0.2, 0.25) is 0 Å². The van der Waals surface area contributed by atoms with E-state index in [1.807, 2.05) is 72.8 Å². The molecule has 2 aromatic heterocycles. The van der Waals surface area contributed by atoms with Gasteiger partial charge in [0.25, 0.3) is 0 Å². The summed E-state index contributed by atoms with van der Waals surface area (Å²) in [6.45, 7) is 4.70. The second-order valence-corrected chi connectivity index (χ2v) is 10.9. The van der Waals surface area contributed by atoms with Crippen molar-refractivity contribution in [2.75, 3.05) is 19.0 Å². The van der Waals surface area contributed by atoms with Crippen LogP contribution in [0.25, 0.3) is 16.5 Å². The second-order valence-electron chi connectivity index (χ2n) is 10.5. The topological polar surface area (TPSA) is 71.4 Å². The lowest BCUT2D eigenvalue weighted by Gasteiger charge is -2.28. The van der Waals surface area contributed by atoms with Crippen molar-refractivity contribution in [3.63, 3.8) is 0 Å². The predicted molar refractivity (Wildman–Crippen MR) is 171 cm³/mol. The van der Waals surface area contributed by atoms with E-state index >= 15 is 0 Å². The van der Waals surface area contributed by atoms with Crippen LogP contribution in [-0.4, -0.2) is 39.1 Å². The molecule has 42 heavy (non-hydrogen) atoms. The minimum atomic E-state index is -0.162. The molecular formula is C34H33N5O2S. The largest absolute Gasteiger partial charge is 0.497 e. The smallest absolute Gasteiger partial charge is 0.226 e. The zero-order valence-electron chi connectivity index (χ0n) is 23.9. The number of carbonyl (C=O) groups excluding carboxylic acids is 1. The Labute approximate surface area is 251 Å². The third kappa shape index (κ3) is 5.21. The maximum Gasteiger partial charge on any atom is 0.226 e. The van der Waals surface area contributed by atoms with E-state index in [0.29, 0.717) is 11.7 Å². The van der Waals surface area contributed by atoms with E-state index in [9.17, 15) is 4.79 Å². The normalized spacial score (nSPS) is 16.5. The maximum atomic E-state index is 13.2. The molecule has 5 aromatic rings. The highest BCUT2D eigenvalue weighted by Gasteiger charge is 2.41. The number of ether oxygens (including phenoxy) is 1. The molecule has 8 heteroatoms. The first kappa shape index (κ1) is 27.5. The van der Waals surface area contributed by atoms with Crippen molar-refractivity contribution in [1.82, 2.24) is 19.8 Å². The minimum Gasteiger partial charge on any atom is -0.497 e. The van der Waals surface area contributed by atoms with Crippen molar-refractivity contribution in [2.24, 2.45) is 0 Å². The molecule has 0 saturated carbocycles. The lowest BCUT2D eigenvalue weighted by atomic mass is 9.96. The molecule has 1 amide bonds. The van der Waals surface area contributed by atoms with Crippen LogP contribution in [0.5, 0.6) is 5.75 Å². The monoisotopic (exact) mass is 575 g/mol. The summed E-state index contributed by atoms with van der Waals surface area (Å²) in [5.41, 5.74) is 6.13. The van der Waals surface area contributed by atoms with Gasteiger partial charge in [-0.3, -0.25) is 9.78 Å².